The van der Waals surface area contributed by atoms with E-state index in [1.54, 1.807) is 13.8 Å². The number of esters is 2. The Morgan fingerprint density at radius 3 is 2.70 bits per heavy atom. The monoisotopic (exact) mass is 283 g/mol. The zero-order valence-electron chi connectivity index (χ0n) is 11.6. The summed E-state index contributed by atoms with van der Waals surface area (Å²) < 4.78 is 9.65. The molecular formula is C13H17NO6. The Balaban J connectivity index is 2.78. The molecule has 0 saturated carbocycles. The lowest BCUT2D eigenvalue weighted by Gasteiger charge is -2.19. The Bertz CT molecular complexity index is 479. The minimum Gasteiger partial charge on any atom is -0.479 e. The molecule has 1 rings (SSSR count). The summed E-state index contributed by atoms with van der Waals surface area (Å²) in [4.78, 5) is 38.1. The molecule has 0 aromatic rings. The van der Waals surface area contributed by atoms with Gasteiger partial charge in [0.25, 0.3) is 0 Å². The number of carbonyl (C=O) groups excluding carboxylic acids is 2. The largest absolute Gasteiger partial charge is 0.479 e. The summed E-state index contributed by atoms with van der Waals surface area (Å²) in [5, 5.41) is 8.71. The summed E-state index contributed by atoms with van der Waals surface area (Å²) in [5.41, 5.74) is 0.604. The fourth-order valence-electron chi connectivity index (χ4n) is 1.61. The number of nitrogens with zero attached hydrogens (tertiary/aromatic N) is 1. The van der Waals surface area contributed by atoms with Gasteiger partial charge in [-0.1, -0.05) is 0 Å². The first kappa shape index (κ1) is 15.9. The third-order valence-corrected chi connectivity index (χ3v) is 2.78. The van der Waals surface area contributed by atoms with Crippen LogP contribution in [0.15, 0.2) is 16.3 Å². The molecule has 20 heavy (non-hydrogen) atoms. The summed E-state index contributed by atoms with van der Waals surface area (Å²) in [6.45, 7) is 4.77. The van der Waals surface area contributed by atoms with Gasteiger partial charge in [0.15, 0.2) is 6.10 Å². The normalized spacial score (nSPS) is 19.4. The predicted octanol–water partition coefficient (Wildman–Crippen LogP) is 0.930. The lowest BCUT2D eigenvalue weighted by atomic mass is 9.96. The molecule has 0 spiro atoms. The maximum Gasteiger partial charge on any atom is 0.344 e. The topological polar surface area (TPSA) is 102 Å². The van der Waals surface area contributed by atoms with Crippen LogP contribution in [-0.2, 0) is 23.9 Å². The number of rotatable bonds is 5. The second-order valence-corrected chi connectivity index (χ2v) is 4.29. The molecule has 110 valence electrons. The van der Waals surface area contributed by atoms with Crippen LogP contribution in [0.2, 0.25) is 0 Å². The van der Waals surface area contributed by atoms with E-state index >= 15 is 0 Å². The molecular weight excluding hydrogens is 266 g/mol. The Labute approximate surface area is 116 Å². The van der Waals surface area contributed by atoms with Crippen molar-refractivity contribution in [2.45, 2.75) is 33.3 Å². The molecule has 0 aromatic heterocycles. The van der Waals surface area contributed by atoms with E-state index in [2.05, 4.69) is 4.99 Å². The highest BCUT2D eigenvalue weighted by Crippen LogP contribution is 2.23. The molecule has 0 fully saturated rings. The van der Waals surface area contributed by atoms with Crippen LogP contribution in [-0.4, -0.2) is 41.9 Å². The van der Waals surface area contributed by atoms with E-state index in [-0.39, 0.29) is 18.6 Å². The number of carbonyl (C=O) groups is 3. The summed E-state index contributed by atoms with van der Waals surface area (Å²) in [6.07, 6.45) is 0.263. The van der Waals surface area contributed by atoms with Gasteiger partial charge in [-0.2, -0.15) is 0 Å². The van der Waals surface area contributed by atoms with E-state index in [9.17, 15) is 14.4 Å². The van der Waals surface area contributed by atoms with Gasteiger partial charge in [0.05, 0.1) is 18.1 Å². The van der Waals surface area contributed by atoms with Crippen molar-refractivity contribution < 1.29 is 29.0 Å². The molecule has 0 bridgehead atoms. The van der Waals surface area contributed by atoms with E-state index in [0.29, 0.717) is 5.70 Å². The number of carboxylic acid groups (broad SMARTS) is 1. The highest BCUT2D eigenvalue weighted by Gasteiger charge is 2.29. The van der Waals surface area contributed by atoms with Crippen LogP contribution in [0.3, 0.4) is 0 Å². The molecule has 2 unspecified atom stereocenters. The van der Waals surface area contributed by atoms with Gasteiger partial charge in [0, 0.05) is 11.9 Å². The van der Waals surface area contributed by atoms with Crippen molar-refractivity contribution in [1.82, 2.24) is 0 Å². The number of hydrogen-bond acceptors (Lipinski definition) is 6. The maximum atomic E-state index is 11.9. The van der Waals surface area contributed by atoms with Gasteiger partial charge in [0.2, 0.25) is 0 Å². The smallest absolute Gasteiger partial charge is 0.344 e. The zero-order chi connectivity index (χ0) is 15.3. The van der Waals surface area contributed by atoms with Gasteiger partial charge in [-0.15, -0.1) is 0 Å². The van der Waals surface area contributed by atoms with Gasteiger partial charge in [-0.05, 0) is 27.2 Å². The first-order chi connectivity index (χ1) is 9.36. The second-order valence-electron chi connectivity index (χ2n) is 4.29. The Hall–Kier alpha value is -2.18. The Kier molecular flexibility index (Phi) is 5.42. The fraction of sp³-hybridized carbons (Fsp3) is 0.538. The lowest BCUT2D eigenvalue weighted by Crippen LogP contribution is -2.28. The van der Waals surface area contributed by atoms with Crippen LogP contribution >= 0.6 is 0 Å². The minimum absolute atomic E-state index is 0.0966. The number of carboxylic acids is 1. The van der Waals surface area contributed by atoms with E-state index in [4.69, 9.17) is 14.6 Å². The molecule has 0 aromatic carbocycles. The van der Waals surface area contributed by atoms with Crippen molar-refractivity contribution in [3.05, 3.63) is 11.3 Å². The fourth-order valence-corrected chi connectivity index (χ4v) is 1.61. The summed E-state index contributed by atoms with van der Waals surface area (Å²) in [5.74, 6) is -3.14. The average Bonchev–Trinajstić information content (AvgIpc) is 2.39. The molecule has 0 radical (unpaired) electrons. The molecule has 0 aliphatic carbocycles. The number of hydrogen-bond donors (Lipinski definition) is 1. The van der Waals surface area contributed by atoms with Crippen molar-refractivity contribution in [1.29, 1.82) is 0 Å². The highest BCUT2D eigenvalue weighted by molar-refractivity contribution is 5.97. The standard InChI is InChI=1S/C13H17NO6/c1-4-19-12(17)9-5-10(7(2)14-6-9)13(18)20-8(3)11(15)16/h6,8-9H,4-5H2,1-3H3,(H,15,16). The number of aliphatic imine (C=N–C) groups is 1. The summed E-state index contributed by atoms with van der Waals surface area (Å²) in [6, 6.07) is 0. The third-order valence-electron chi connectivity index (χ3n) is 2.78. The van der Waals surface area contributed by atoms with Gasteiger partial charge >= 0.3 is 17.9 Å². The first-order valence-electron chi connectivity index (χ1n) is 6.21. The van der Waals surface area contributed by atoms with E-state index in [1.165, 1.54) is 13.1 Å². The zero-order valence-corrected chi connectivity index (χ0v) is 11.6. The maximum absolute atomic E-state index is 11.9. The van der Waals surface area contributed by atoms with Crippen molar-refractivity contribution in [2.75, 3.05) is 6.61 Å². The molecule has 0 amide bonds. The van der Waals surface area contributed by atoms with Crippen LogP contribution in [0.5, 0.6) is 0 Å². The molecule has 1 aliphatic rings. The Morgan fingerprint density at radius 1 is 1.50 bits per heavy atom. The van der Waals surface area contributed by atoms with Gasteiger partial charge in [0.1, 0.15) is 0 Å². The molecule has 7 heteroatoms. The minimum atomic E-state index is -1.25. The van der Waals surface area contributed by atoms with Crippen molar-refractivity contribution in [3.8, 4) is 0 Å². The van der Waals surface area contributed by atoms with Crippen LogP contribution in [0, 0.1) is 5.92 Å². The van der Waals surface area contributed by atoms with E-state index < -0.39 is 29.9 Å². The number of aliphatic carboxylic acids is 1. The molecule has 1 aliphatic heterocycles. The van der Waals surface area contributed by atoms with E-state index in [0.717, 1.165) is 0 Å². The lowest BCUT2D eigenvalue weighted by molar-refractivity contribution is -0.160. The quantitative estimate of drug-likeness (QED) is 0.753. The molecule has 2 atom stereocenters. The highest BCUT2D eigenvalue weighted by atomic mass is 16.6. The summed E-state index contributed by atoms with van der Waals surface area (Å²) in [7, 11) is 0. The van der Waals surface area contributed by atoms with Crippen LogP contribution < -0.4 is 0 Å². The summed E-state index contributed by atoms with van der Waals surface area (Å²) >= 11 is 0. The van der Waals surface area contributed by atoms with Gasteiger partial charge in [-0.25, -0.2) is 9.59 Å². The van der Waals surface area contributed by atoms with Crippen LogP contribution in [0.25, 0.3) is 0 Å². The van der Waals surface area contributed by atoms with E-state index in [1.807, 2.05) is 0 Å². The van der Waals surface area contributed by atoms with Gasteiger partial charge in [-0.3, -0.25) is 9.79 Å². The third kappa shape index (κ3) is 3.91. The van der Waals surface area contributed by atoms with Gasteiger partial charge < -0.3 is 14.6 Å². The number of ether oxygens (including phenoxy) is 2. The van der Waals surface area contributed by atoms with Crippen LogP contribution in [0.1, 0.15) is 27.2 Å². The number of allylic oxidation sites excluding steroid dienone is 1. The van der Waals surface area contributed by atoms with Crippen molar-refractivity contribution in [2.24, 2.45) is 10.9 Å². The SMILES string of the molecule is CCOC(=O)C1C=NC(C)=C(C(=O)OC(C)C(=O)O)C1. The molecule has 1 N–H and O–H groups in total. The predicted molar refractivity (Wildman–Crippen MR) is 69.1 cm³/mol. The average molecular weight is 283 g/mol. The molecule has 7 nitrogen and oxygen atoms in total. The second kappa shape index (κ2) is 6.83. The Morgan fingerprint density at radius 2 is 2.15 bits per heavy atom. The van der Waals surface area contributed by atoms with Crippen LogP contribution in [0.4, 0.5) is 0 Å². The van der Waals surface area contributed by atoms with Crippen molar-refractivity contribution >= 4 is 24.1 Å². The first-order valence-corrected chi connectivity index (χ1v) is 6.21. The molecule has 1 heterocycles. The van der Waals surface area contributed by atoms with Crippen molar-refractivity contribution in [3.63, 3.8) is 0 Å². The molecule has 0 saturated heterocycles.